The fourth-order valence-electron chi connectivity index (χ4n) is 2.45. The van der Waals surface area contributed by atoms with Gasteiger partial charge in [-0.05, 0) is 35.3 Å². The maximum Gasteiger partial charge on any atom is 0.216 e. The summed E-state index contributed by atoms with van der Waals surface area (Å²) in [6.07, 6.45) is 1.34. The number of nitrogens with zero attached hydrogens (tertiary/aromatic N) is 3. The molecule has 0 fully saturated rings. The summed E-state index contributed by atoms with van der Waals surface area (Å²) in [5, 5.41) is 11.5. The van der Waals surface area contributed by atoms with Crippen molar-refractivity contribution in [1.82, 2.24) is 14.9 Å². The summed E-state index contributed by atoms with van der Waals surface area (Å²) < 4.78 is 15.7. The number of rotatable bonds is 3. The number of H-pyrrole nitrogens is 1. The average Bonchev–Trinajstić information content (AvgIpc) is 2.95. The number of hydrogen-bond acceptors (Lipinski definition) is 3. The van der Waals surface area contributed by atoms with Crippen LogP contribution in [0.5, 0.6) is 0 Å². The van der Waals surface area contributed by atoms with Crippen LogP contribution in [0.4, 0.5) is 4.39 Å². The van der Waals surface area contributed by atoms with Gasteiger partial charge in [0.25, 0.3) is 0 Å². The van der Waals surface area contributed by atoms with Crippen molar-refractivity contribution in [1.29, 1.82) is 0 Å². The molecule has 0 bridgehead atoms. The second-order valence-electron chi connectivity index (χ2n) is 6.87. The van der Waals surface area contributed by atoms with Crippen LogP contribution < -0.4 is 0 Å². The van der Waals surface area contributed by atoms with Crippen LogP contribution in [0, 0.1) is 10.6 Å². The van der Waals surface area contributed by atoms with Gasteiger partial charge in [0.05, 0.1) is 11.2 Å². The molecular weight excluding hydrogens is 371 g/mol. The SMILES string of the molecule is CC(C)(C)c1ccc(-c2n[nH]c(=S)n2/N=C\c2c(F)cccc2Cl)cc1. The fraction of sp³-hybridized carbons (Fsp3) is 0.211. The van der Waals surface area contributed by atoms with Crippen LogP contribution in [0.2, 0.25) is 5.02 Å². The van der Waals surface area contributed by atoms with Crippen molar-refractivity contribution in [2.45, 2.75) is 26.2 Å². The number of hydrogen-bond donors (Lipinski definition) is 1. The van der Waals surface area contributed by atoms with Gasteiger partial charge >= 0.3 is 0 Å². The first-order valence-electron chi connectivity index (χ1n) is 8.04. The zero-order valence-electron chi connectivity index (χ0n) is 14.6. The number of nitrogens with one attached hydrogen (secondary N) is 1. The Morgan fingerprint density at radius 3 is 2.50 bits per heavy atom. The van der Waals surface area contributed by atoms with E-state index in [1.54, 1.807) is 12.1 Å². The molecule has 0 saturated heterocycles. The molecule has 0 amide bonds. The molecule has 4 nitrogen and oxygen atoms in total. The van der Waals surface area contributed by atoms with Gasteiger partial charge in [-0.2, -0.15) is 14.9 Å². The zero-order valence-corrected chi connectivity index (χ0v) is 16.2. The van der Waals surface area contributed by atoms with Gasteiger partial charge in [0.2, 0.25) is 4.77 Å². The molecule has 26 heavy (non-hydrogen) atoms. The van der Waals surface area contributed by atoms with Crippen molar-refractivity contribution in [3.05, 3.63) is 69.2 Å². The van der Waals surface area contributed by atoms with E-state index in [0.717, 1.165) is 5.56 Å². The normalized spacial score (nSPS) is 12.0. The molecule has 2 aromatic carbocycles. The van der Waals surface area contributed by atoms with E-state index in [0.29, 0.717) is 10.6 Å². The van der Waals surface area contributed by atoms with E-state index in [9.17, 15) is 4.39 Å². The molecule has 1 N–H and O–H groups in total. The maximum absolute atomic E-state index is 13.9. The average molecular weight is 389 g/mol. The monoisotopic (exact) mass is 388 g/mol. The molecule has 0 spiro atoms. The Morgan fingerprint density at radius 2 is 1.88 bits per heavy atom. The first-order valence-corrected chi connectivity index (χ1v) is 8.82. The minimum Gasteiger partial charge on any atom is -0.250 e. The number of halogens is 2. The van der Waals surface area contributed by atoms with Crippen LogP contribution >= 0.6 is 23.8 Å². The van der Waals surface area contributed by atoms with Gasteiger partial charge in [-0.3, -0.25) is 0 Å². The van der Waals surface area contributed by atoms with E-state index < -0.39 is 5.82 Å². The van der Waals surface area contributed by atoms with Gasteiger partial charge in [-0.1, -0.05) is 62.7 Å². The van der Waals surface area contributed by atoms with Gasteiger partial charge < -0.3 is 0 Å². The van der Waals surface area contributed by atoms with Crippen molar-refractivity contribution < 1.29 is 4.39 Å². The van der Waals surface area contributed by atoms with Gasteiger partial charge in [0, 0.05) is 11.1 Å². The summed E-state index contributed by atoms with van der Waals surface area (Å²) in [5.74, 6) is 0.0894. The smallest absolute Gasteiger partial charge is 0.216 e. The second kappa shape index (κ2) is 7.13. The Bertz CT molecular complexity index is 993. The lowest BCUT2D eigenvalue weighted by molar-refractivity contribution is 0.590. The van der Waals surface area contributed by atoms with E-state index in [4.69, 9.17) is 23.8 Å². The Kier molecular flexibility index (Phi) is 5.07. The molecule has 0 unspecified atom stereocenters. The molecule has 0 saturated carbocycles. The largest absolute Gasteiger partial charge is 0.250 e. The molecule has 134 valence electrons. The van der Waals surface area contributed by atoms with Crippen LogP contribution in [-0.4, -0.2) is 21.1 Å². The van der Waals surface area contributed by atoms with Crippen molar-refractivity contribution in [3.63, 3.8) is 0 Å². The minimum atomic E-state index is -0.452. The fourth-order valence-corrected chi connectivity index (χ4v) is 2.85. The lowest BCUT2D eigenvalue weighted by atomic mass is 9.87. The predicted molar refractivity (Wildman–Crippen MR) is 106 cm³/mol. The highest BCUT2D eigenvalue weighted by atomic mass is 35.5. The summed E-state index contributed by atoms with van der Waals surface area (Å²) in [7, 11) is 0. The highest BCUT2D eigenvalue weighted by Crippen LogP contribution is 2.25. The van der Waals surface area contributed by atoms with Crippen molar-refractivity contribution in [2.24, 2.45) is 5.10 Å². The van der Waals surface area contributed by atoms with Crippen LogP contribution in [0.1, 0.15) is 31.9 Å². The minimum absolute atomic E-state index is 0.0585. The zero-order chi connectivity index (χ0) is 18.9. The van der Waals surface area contributed by atoms with E-state index in [-0.39, 0.29) is 16.0 Å². The maximum atomic E-state index is 13.9. The quantitative estimate of drug-likeness (QED) is 0.470. The molecule has 0 aliphatic heterocycles. The Labute approximate surface area is 161 Å². The van der Waals surface area contributed by atoms with Crippen LogP contribution in [0.3, 0.4) is 0 Å². The third-order valence-electron chi connectivity index (χ3n) is 3.96. The van der Waals surface area contributed by atoms with Crippen molar-refractivity contribution in [3.8, 4) is 11.4 Å². The van der Waals surface area contributed by atoms with Crippen molar-refractivity contribution in [2.75, 3.05) is 0 Å². The van der Waals surface area contributed by atoms with E-state index in [1.165, 1.54) is 22.5 Å². The predicted octanol–water partition coefficient (Wildman–Crippen LogP) is 5.58. The van der Waals surface area contributed by atoms with E-state index in [1.807, 2.05) is 12.1 Å². The second-order valence-corrected chi connectivity index (χ2v) is 7.67. The van der Waals surface area contributed by atoms with Gasteiger partial charge in [0.1, 0.15) is 5.82 Å². The first-order chi connectivity index (χ1) is 12.3. The Morgan fingerprint density at radius 1 is 1.19 bits per heavy atom. The third kappa shape index (κ3) is 3.76. The van der Waals surface area contributed by atoms with E-state index >= 15 is 0 Å². The number of aromatic nitrogens is 3. The molecule has 7 heteroatoms. The molecule has 0 radical (unpaired) electrons. The summed E-state index contributed by atoms with van der Waals surface area (Å²) in [6, 6.07) is 12.5. The molecule has 0 aliphatic carbocycles. The first kappa shape index (κ1) is 18.5. The Balaban J connectivity index is 2.00. The molecule has 0 atom stereocenters. The highest BCUT2D eigenvalue weighted by Gasteiger charge is 2.15. The summed E-state index contributed by atoms with van der Waals surface area (Å²) in [6.45, 7) is 6.46. The van der Waals surface area contributed by atoms with E-state index in [2.05, 4.69) is 48.2 Å². The van der Waals surface area contributed by atoms with Crippen LogP contribution in [0.25, 0.3) is 11.4 Å². The highest BCUT2D eigenvalue weighted by molar-refractivity contribution is 7.71. The topological polar surface area (TPSA) is 46.0 Å². The third-order valence-corrected chi connectivity index (χ3v) is 4.56. The standard InChI is InChI=1S/C19H18ClFN4S/c1-19(2,3)13-9-7-12(8-10-13)17-23-24-18(26)25(17)22-11-14-15(20)5-4-6-16(14)21/h4-11H,1-3H3,(H,24,26)/b22-11-. The summed E-state index contributed by atoms with van der Waals surface area (Å²) in [5.41, 5.74) is 2.32. The Hall–Kier alpha value is -2.31. The summed E-state index contributed by atoms with van der Waals surface area (Å²) >= 11 is 11.3. The molecular formula is C19H18ClFN4S. The van der Waals surface area contributed by atoms with Gasteiger partial charge in [-0.25, -0.2) is 9.49 Å². The number of aromatic amines is 1. The molecule has 1 aromatic heterocycles. The molecule has 1 heterocycles. The van der Waals surface area contributed by atoms with Crippen LogP contribution in [0.15, 0.2) is 47.6 Å². The molecule has 3 rings (SSSR count). The lowest BCUT2D eigenvalue weighted by Gasteiger charge is -2.18. The molecule has 3 aromatic rings. The lowest BCUT2D eigenvalue weighted by Crippen LogP contribution is -2.10. The van der Waals surface area contributed by atoms with Gasteiger partial charge in [-0.15, -0.1) is 0 Å². The number of benzene rings is 2. The van der Waals surface area contributed by atoms with Crippen molar-refractivity contribution >= 4 is 30.0 Å². The summed E-state index contributed by atoms with van der Waals surface area (Å²) in [4.78, 5) is 0. The molecule has 0 aliphatic rings. The van der Waals surface area contributed by atoms with Crippen LogP contribution in [-0.2, 0) is 5.41 Å². The van der Waals surface area contributed by atoms with Gasteiger partial charge in [0.15, 0.2) is 5.82 Å².